The maximum absolute atomic E-state index is 13.2. The van der Waals surface area contributed by atoms with Gasteiger partial charge in [-0.25, -0.2) is 14.4 Å². The maximum Gasteiger partial charge on any atom is 0.274 e. The number of nitrogens with one attached hydrogen (secondary N) is 2. The van der Waals surface area contributed by atoms with E-state index in [-0.39, 0.29) is 16.6 Å². The van der Waals surface area contributed by atoms with E-state index in [9.17, 15) is 9.18 Å². The van der Waals surface area contributed by atoms with Crippen molar-refractivity contribution >= 4 is 29.0 Å². The number of aryl methyl sites for hydroxylation is 1. The molecule has 0 aliphatic heterocycles. The van der Waals surface area contributed by atoms with Crippen molar-refractivity contribution in [2.45, 2.75) is 45.1 Å². The summed E-state index contributed by atoms with van der Waals surface area (Å²) in [5.74, 6) is 0.251. The van der Waals surface area contributed by atoms with Gasteiger partial charge >= 0.3 is 0 Å². The standard InChI is InChI=1S/C18H20ClFN4O/c1-11-21-16(10-17(22-11)23-12-5-3-2-4-6-12)18(25)24-13-7-8-15(20)14(19)9-13/h7-10,12H,2-6H2,1H3,(H,24,25)(H,21,22,23). The molecule has 3 rings (SSSR count). The van der Waals surface area contributed by atoms with Crippen molar-refractivity contribution in [3.8, 4) is 0 Å². The zero-order valence-electron chi connectivity index (χ0n) is 14.0. The number of benzene rings is 1. The first-order valence-corrected chi connectivity index (χ1v) is 8.78. The van der Waals surface area contributed by atoms with Crippen molar-refractivity contribution in [2.24, 2.45) is 0 Å². The minimum atomic E-state index is -0.531. The van der Waals surface area contributed by atoms with Gasteiger partial charge in [-0.3, -0.25) is 4.79 Å². The summed E-state index contributed by atoms with van der Waals surface area (Å²) < 4.78 is 13.2. The summed E-state index contributed by atoms with van der Waals surface area (Å²) >= 11 is 5.74. The average Bonchev–Trinajstić information content (AvgIpc) is 2.58. The molecule has 7 heteroatoms. The van der Waals surface area contributed by atoms with Crippen LogP contribution in [0.5, 0.6) is 0 Å². The van der Waals surface area contributed by atoms with Gasteiger partial charge in [0, 0.05) is 17.8 Å². The smallest absolute Gasteiger partial charge is 0.274 e. The van der Waals surface area contributed by atoms with Crippen molar-refractivity contribution in [2.75, 3.05) is 10.6 Å². The van der Waals surface area contributed by atoms with Crippen LogP contribution in [-0.2, 0) is 0 Å². The van der Waals surface area contributed by atoms with Crippen molar-refractivity contribution in [3.05, 3.63) is 46.6 Å². The predicted octanol–water partition coefficient (Wildman–Crippen LogP) is 4.57. The monoisotopic (exact) mass is 362 g/mol. The molecular formula is C18H20ClFN4O. The number of carbonyl (C=O) groups excluding carboxylic acids is 1. The van der Waals surface area contributed by atoms with Gasteiger partial charge in [-0.15, -0.1) is 0 Å². The fourth-order valence-corrected chi connectivity index (χ4v) is 3.16. The molecule has 1 aromatic carbocycles. The van der Waals surface area contributed by atoms with E-state index in [0.29, 0.717) is 23.4 Å². The first-order valence-electron chi connectivity index (χ1n) is 8.40. The van der Waals surface area contributed by atoms with E-state index in [0.717, 1.165) is 12.8 Å². The minimum Gasteiger partial charge on any atom is -0.367 e. The summed E-state index contributed by atoms with van der Waals surface area (Å²) in [6.07, 6.45) is 5.91. The highest BCUT2D eigenvalue weighted by Gasteiger charge is 2.16. The van der Waals surface area contributed by atoms with Crippen LogP contribution in [0.4, 0.5) is 15.9 Å². The molecule has 1 aliphatic carbocycles. The first-order chi connectivity index (χ1) is 12.0. The van der Waals surface area contributed by atoms with E-state index in [1.165, 1.54) is 37.5 Å². The van der Waals surface area contributed by atoms with Crippen LogP contribution in [0.15, 0.2) is 24.3 Å². The van der Waals surface area contributed by atoms with Crippen LogP contribution in [0.2, 0.25) is 5.02 Å². The van der Waals surface area contributed by atoms with Crippen LogP contribution in [0.3, 0.4) is 0 Å². The molecular weight excluding hydrogens is 343 g/mol. The molecule has 1 aliphatic rings. The number of aromatic nitrogens is 2. The summed E-state index contributed by atoms with van der Waals surface area (Å²) in [4.78, 5) is 21.0. The Labute approximate surface area is 151 Å². The first kappa shape index (κ1) is 17.6. The number of rotatable bonds is 4. The van der Waals surface area contributed by atoms with Crippen LogP contribution in [0.1, 0.15) is 48.4 Å². The number of hydrogen-bond donors (Lipinski definition) is 2. The lowest BCUT2D eigenvalue weighted by molar-refractivity contribution is 0.102. The maximum atomic E-state index is 13.2. The van der Waals surface area contributed by atoms with Crippen molar-refractivity contribution in [3.63, 3.8) is 0 Å². The normalized spacial score (nSPS) is 15.0. The Balaban J connectivity index is 1.74. The number of anilines is 2. The Hall–Kier alpha value is -2.21. The molecule has 2 N–H and O–H groups in total. The summed E-state index contributed by atoms with van der Waals surface area (Å²) in [5, 5.41) is 6.03. The molecule has 0 radical (unpaired) electrons. The second-order valence-electron chi connectivity index (χ2n) is 6.25. The largest absolute Gasteiger partial charge is 0.367 e. The van der Waals surface area contributed by atoms with E-state index in [1.54, 1.807) is 13.0 Å². The van der Waals surface area contributed by atoms with Gasteiger partial charge in [0.25, 0.3) is 5.91 Å². The molecule has 1 amide bonds. The van der Waals surface area contributed by atoms with Crippen molar-refractivity contribution < 1.29 is 9.18 Å². The van der Waals surface area contributed by atoms with Gasteiger partial charge in [0.15, 0.2) is 0 Å². The second kappa shape index (κ2) is 7.78. The molecule has 132 valence electrons. The molecule has 5 nitrogen and oxygen atoms in total. The Bertz CT molecular complexity index is 778. The molecule has 2 aromatic rings. The third-order valence-electron chi connectivity index (χ3n) is 4.21. The topological polar surface area (TPSA) is 66.9 Å². The Morgan fingerprint density at radius 1 is 1.20 bits per heavy atom. The summed E-state index contributed by atoms with van der Waals surface area (Å²) in [6, 6.07) is 6.05. The van der Waals surface area contributed by atoms with Crippen LogP contribution >= 0.6 is 11.6 Å². The predicted molar refractivity (Wildman–Crippen MR) is 96.6 cm³/mol. The molecule has 1 aromatic heterocycles. The number of carbonyl (C=O) groups is 1. The number of hydrogen-bond acceptors (Lipinski definition) is 4. The lowest BCUT2D eigenvalue weighted by atomic mass is 9.95. The zero-order chi connectivity index (χ0) is 17.8. The van der Waals surface area contributed by atoms with Crippen LogP contribution in [0, 0.1) is 12.7 Å². The van der Waals surface area contributed by atoms with Gasteiger partial charge < -0.3 is 10.6 Å². The molecule has 0 atom stereocenters. The summed E-state index contributed by atoms with van der Waals surface area (Å²) in [5.41, 5.74) is 0.667. The van der Waals surface area contributed by atoms with E-state index in [2.05, 4.69) is 20.6 Å². The number of nitrogens with zero attached hydrogens (tertiary/aromatic N) is 2. The van der Waals surface area contributed by atoms with E-state index < -0.39 is 5.82 Å². The number of halogens is 2. The van der Waals surface area contributed by atoms with Gasteiger partial charge in [0.05, 0.1) is 5.02 Å². The lowest BCUT2D eigenvalue weighted by Crippen LogP contribution is -2.24. The third-order valence-corrected chi connectivity index (χ3v) is 4.49. The van der Waals surface area contributed by atoms with Crippen LogP contribution in [0.25, 0.3) is 0 Å². The van der Waals surface area contributed by atoms with E-state index in [1.807, 2.05) is 0 Å². The van der Waals surface area contributed by atoms with Gasteiger partial charge in [-0.2, -0.15) is 0 Å². The molecule has 0 bridgehead atoms. The molecule has 0 unspecified atom stereocenters. The van der Waals surface area contributed by atoms with Gasteiger partial charge in [-0.05, 0) is 38.0 Å². The number of amides is 1. The van der Waals surface area contributed by atoms with Crippen LogP contribution < -0.4 is 10.6 Å². The van der Waals surface area contributed by atoms with Gasteiger partial charge in [-0.1, -0.05) is 30.9 Å². The van der Waals surface area contributed by atoms with E-state index in [4.69, 9.17) is 11.6 Å². The molecule has 1 fully saturated rings. The SMILES string of the molecule is Cc1nc(NC2CCCCC2)cc(C(=O)Nc2ccc(F)c(Cl)c2)n1. The molecule has 0 spiro atoms. The minimum absolute atomic E-state index is 0.0451. The summed E-state index contributed by atoms with van der Waals surface area (Å²) in [7, 11) is 0. The Kier molecular flexibility index (Phi) is 5.48. The Morgan fingerprint density at radius 2 is 1.96 bits per heavy atom. The summed E-state index contributed by atoms with van der Waals surface area (Å²) in [6.45, 7) is 1.75. The molecule has 25 heavy (non-hydrogen) atoms. The molecule has 1 saturated carbocycles. The highest BCUT2D eigenvalue weighted by molar-refractivity contribution is 6.31. The van der Waals surface area contributed by atoms with Gasteiger partial charge in [0.1, 0.15) is 23.2 Å². The second-order valence-corrected chi connectivity index (χ2v) is 6.66. The van der Waals surface area contributed by atoms with Gasteiger partial charge in [0.2, 0.25) is 0 Å². The highest BCUT2D eigenvalue weighted by Crippen LogP contribution is 2.22. The average molecular weight is 363 g/mol. The van der Waals surface area contributed by atoms with Crippen molar-refractivity contribution in [1.29, 1.82) is 0 Å². The fraction of sp³-hybridized carbons (Fsp3) is 0.389. The fourth-order valence-electron chi connectivity index (χ4n) is 2.98. The Morgan fingerprint density at radius 3 is 2.68 bits per heavy atom. The molecule has 1 heterocycles. The lowest BCUT2D eigenvalue weighted by Gasteiger charge is -2.23. The van der Waals surface area contributed by atoms with Crippen LogP contribution in [-0.4, -0.2) is 21.9 Å². The van der Waals surface area contributed by atoms with E-state index >= 15 is 0 Å². The molecule has 0 saturated heterocycles. The quantitative estimate of drug-likeness (QED) is 0.835. The van der Waals surface area contributed by atoms with Crippen molar-refractivity contribution in [1.82, 2.24) is 9.97 Å². The third kappa shape index (κ3) is 4.66. The highest BCUT2D eigenvalue weighted by atomic mass is 35.5. The zero-order valence-corrected chi connectivity index (χ0v) is 14.7.